The van der Waals surface area contributed by atoms with Crippen molar-refractivity contribution in [1.29, 1.82) is 0 Å². The predicted molar refractivity (Wildman–Crippen MR) is 63.6 cm³/mol. The summed E-state index contributed by atoms with van der Waals surface area (Å²) in [6.45, 7) is 7.23. The molecule has 1 rings (SSSR count). The van der Waals surface area contributed by atoms with E-state index in [9.17, 15) is 10.2 Å². The molecule has 0 aliphatic rings. The van der Waals surface area contributed by atoms with Gasteiger partial charge in [0.2, 0.25) is 0 Å². The highest BCUT2D eigenvalue weighted by atomic mass is 16.5. The van der Waals surface area contributed by atoms with Crippen LogP contribution in [0.5, 0.6) is 5.75 Å². The zero-order chi connectivity index (χ0) is 12.3. The Kier molecular flexibility index (Phi) is 3.94. The summed E-state index contributed by atoms with van der Waals surface area (Å²) in [4.78, 5) is 0. The van der Waals surface area contributed by atoms with Gasteiger partial charge < -0.3 is 14.9 Å². The van der Waals surface area contributed by atoms with Gasteiger partial charge in [0, 0.05) is 5.56 Å². The summed E-state index contributed by atoms with van der Waals surface area (Å²) in [6, 6.07) is 5.65. The van der Waals surface area contributed by atoms with E-state index in [0.29, 0.717) is 5.75 Å². The van der Waals surface area contributed by atoms with Crippen molar-refractivity contribution in [3.63, 3.8) is 0 Å². The number of aryl methyl sites for hydroxylation is 1. The SMILES string of the molecule is Cc1ccc([C@H](C)O)c(OCC(C)(C)O)c1. The van der Waals surface area contributed by atoms with Gasteiger partial charge in [0.05, 0.1) is 11.7 Å². The number of aliphatic hydroxyl groups excluding tert-OH is 1. The van der Waals surface area contributed by atoms with Gasteiger partial charge in [-0.3, -0.25) is 0 Å². The Hall–Kier alpha value is -1.06. The third kappa shape index (κ3) is 3.83. The van der Waals surface area contributed by atoms with E-state index in [2.05, 4.69) is 0 Å². The third-order valence-corrected chi connectivity index (χ3v) is 2.20. The van der Waals surface area contributed by atoms with Crippen molar-refractivity contribution >= 4 is 0 Å². The first-order chi connectivity index (χ1) is 7.29. The lowest BCUT2D eigenvalue weighted by atomic mass is 10.1. The lowest BCUT2D eigenvalue weighted by molar-refractivity contribution is 0.0272. The van der Waals surface area contributed by atoms with Gasteiger partial charge in [0.15, 0.2) is 0 Å². The Bertz CT molecular complexity index is 351. The van der Waals surface area contributed by atoms with Gasteiger partial charge in [-0.1, -0.05) is 12.1 Å². The summed E-state index contributed by atoms with van der Waals surface area (Å²) in [5.74, 6) is 0.636. The molecule has 0 aliphatic heterocycles. The van der Waals surface area contributed by atoms with Crippen LogP contribution in [-0.2, 0) is 0 Å². The molecule has 0 amide bonds. The predicted octanol–water partition coefficient (Wildman–Crippen LogP) is 2.20. The van der Waals surface area contributed by atoms with Crippen LogP contribution in [0.4, 0.5) is 0 Å². The maximum atomic E-state index is 9.59. The average molecular weight is 224 g/mol. The van der Waals surface area contributed by atoms with E-state index in [-0.39, 0.29) is 6.61 Å². The molecule has 0 radical (unpaired) electrons. The number of hydrogen-bond acceptors (Lipinski definition) is 3. The second kappa shape index (κ2) is 4.85. The van der Waals surface area contributed by atoms with E-state index in [0.717, 1.165) is 11.1 Å². The Morgan fingerprint density at radius 1 is 1.38 bits per heavy atom. The van der Waals surface area contributed by atoms with Gasteiger partial charge in [0.25, 0.3) is 0 Å². The van der Waals surface area contributed by atoms with Crippen molar-refractivity contribution in [3.8, 4) is 5.75 Å². The Morgan fingerprint density at radius 3 is 2.50 bits per heavy atom. The molecule has 3 heteroatoms. The number of ether oxygens (including phenoxy) is 1. The van der Waals surface area contributed by atoms with E-state index < -0.39 is 11.7 Å². The van der Waals surface area contributed by atoms with Crippen LogP contribution >= 0.6 is 0 Å². The zero-order valence-corrected chi connectivity index (χ0v) is 10.3. The molecule has 2 N–H and O–H groups in total. The molecular formula is C13H20O3. The molecule has 0 unspecified atom stereocenters. The first-order valence-corrected chi connectivity index (χ1v) is 5.43. The number of aliphatic hydroxyl groups is 2. The molecule has 1 aromatic rings. The van der Waals surface area contributed by atoms with Crippen molar-refractivity contribution < 1.29 is 14.9 Å². The largest absolute Gasteiger partial charge is 0.490 e. The molecule has 0 heterocycles. The molecule has 16 heavy (non-hydrogen) atoms. The summed E-state index contributed by atoms with van der Waals surface area (Å²) in [6.07, 6.45) is -0.572. The van der Waals surface area contributed by atoms with Gasteiger partial charge in [-0.05, 0) is 39.3 Å². The van der Waals surface area contributed by atoms with E-state index in [1.807, 2.05) is 25.1 Å². The fourth-order valence-corrected chi connectivity index (χ4v) is 1.37. The highest BCUT2D eigenvalue weighted by molar-refractivity contribution is 5.38. The fourth-order valence-electron chi connectivity index (χ4n) is 1.37. The second-order valence-corrected chi connectivity index (χ2v) is 4.82. The quantitative estimate of drug-likeness (QED) is 0.824. The van der Waals surface area contributed by atoms with Gasteiger partial charge in [-0.25, -0.2) is 0 Å². The van der Waals surface area contributed by atoms with Crippen molar-refractivity contribution in [3.05, 3.63) is 29.3 Å². The molecular weight excluding hydrogens is 204 g/mol. The zero-order valence-electron chi connectivity index (χ0n) is 10.3. The van der Waals surface area contributed by atoms with E-state index >= 15 is 0 Å². The van der Waals surface area contributed by atoms with Crippen LogP contribution in [0.15, 0.2) is 18.2 Å². The Morgan fingerprint density at radius 2 is 2.00 bits per heavy atom. The molecule has 0 saturated heterocycles. The number of hydrogen-bond donors (Lipinski definition) is 2. The molecule has 1 atom stereocenters. The highest BCUT2D eigenvalue weighted by Crippen LogP contribution is 2.26. The lowest BCUT2D eigenvalue weighted by Gasteiger charge is -2.20. The van der Waals surface area contributed by atoms with E-state index in [1.54, 1.807) is 20.8 Å². The van der Waals surface area contributed by atoms with E-state index in [1.165, 1.54) is 0 Å². The first kappa shape index (κ1) is 13.0. The van der Waals surface area contributed by atoms with Gasteiger partial charge in [0.1, 0.15) is 12.4 Å². The van der Waals surface area contributed by atoms with Crippen molar-refractivity contribution in [2.75, 3.05) is 6.61 Å². The topological polar surface area (TPSA) is 49.7 Å². The molecule has 90 valence electrons. The smallest absolute Gasteiger partial charge is 0.125 e. The summed E-state index contributed by atoms with van der Waals surface area (Å²) >= 11 is 0. The minimum atomic E-state index is -0.875. The number of benzene rings is 1. The molecule has 0 spiro atoms. The minimum absolute atomic E-state index is 0.205. The Labute approximate surface area is 96.7 Å². The maximum Gasteiger partial charge on any atom is 0.125 e. The summed E-state index contributed by atoms with van der Waals surface area (Å²) < 4.78 is 5.53. The Balaban J connectivity index is 2.88. The lowest BCUT2D eigenvalue weighted by Crippen LogP contribution is -2.28. The molecule has 0 aliphatic carbocycles. The van der Waals surface area contributed by atoms with Crippen LogP contribution in [-0.4, -0.2) is 22.4 Å². The minimum Gasteiger partial charge on any atom is -0.490 e. The molecule has 0 fully saturated rings. The van der Waals surface area contributed by atoms with Crippen LogP contribution in [0, 0.1) is 6.92 Å². The van der Waals surface area contributed by atoms with Crippen molar-refractivity contribution in [1.82, 2.24) is 0 Å². The van der Waals surface area contributed by atoms with E-state index in [4.69, 9.17) is 4.74 Å². The van der Waals surface area contributed by atoms with Crippen LogP contribution in [0.25, 0.3) is 0 Å². The maximum absolute atomic E-state index is 9.59. The van der Waals surface area contributed by atoms with Crippen LogP contribution in [0.1, 0.15) is 38.0 Å². The molecule has 0 saturated carbocycles. The third-order valence-electron chi connectivity index (χ3n) is 2.20. The van der Waals surface area contributed by atoms with Crippen molar-refractivity contribution in [2.45, 2.75) is 39.4 Å². The molecule has 1 aromatic carbocycles. The van der Waals surface area contributed by atoms with Gasteiger partial charge in [-0.15, -0.1) is 0 Å². The highest BCUT2D eigenvalue weighted by Gasteiger charge is 2.16. The molecule has 0 aromatic heterocycles. The molecule has 0 bridgehead atoms. The summed E-state index contributed by atoms with van der Waals surface area (Å²) in [5.41, 5.74) is 0.935. The summed E-state index contributed by atoms with van der Waals surface area (Å²) in [5, 5.41) is 19.2. The fraction of sp³-hybridized carbons (Fsp3) is 0.538. The molecule has 3 nitrogen and oxygen atoms in total. The second-order valence-electron chi connectivity index (χ2n) is 4.82. The van der Waals surface area contributed by atoms with Crippen LogP contribution in [0.3, 0.4) is 0 Å². The van der Waals surface area contributed by atoms with Gasteiger partial charge >= 0.3 is 0 Å². The summed E-state index contributed by atoms with van der Waals surface area (Å²) in [7, 11) is 0. The standard InChI is InChI=1S/C13H20O3/c1-9-5-6-11(10(2)14)12(7-9)16-8-13(3,4)15/h5-7,10,14-15H,8H2,1-4H3/t10-/m0/s1. The van der Waals surface area contributed by atoms with Crippen LogP contribution < -0.4 is 4.74 Å². The first-order valence-electron chi connectivity index (χ1n) is 5.43. The monoisotopic (exact) mass is 224 g/mol. The number of rotatable bonds is 4. The average Bonchev–Trinajstić information content (AvgIpc) is 2.13. The van der Waals surface area contributed by atoms with Crippen molar-refractivity contribution in [2.24, 2.45) is 0 Å². The van der Waals surface area contributed by atoms with Crippen LogP contribution in [0.2, 0.25) is 0 Å². The normalized spacial score (nSPS) is 13.6. The van der Waals surface area contributed by atoms with Gasteiger partial charge in [-0.2, -0.15) is 0 Å².